The molecule has 1 saturated heterocycles. The van der Waals surface area contributed by atoms with Crippen molar-refractivity contribution in [2.24, 2.45) is 0 Å². The van der Waals surface area contributed by atoms with Crippen LogP contribution in [0.2, 0.25) is 0 Å². The maximum Gasteiger partial charge on any atom is 0.259 e. The number of carbonyl (C=O) groups excluding carboxylic acids is 1. The number of aromatic nitrogens is 2. The lowest BCUT2D eigenvalue weighted by Crippen LogP contribution is -2.47. The van der Waals surface area contributed by atoms with E-state index in [4.69, 9.17) is 9.84 Å². The Hall–Kier alpha value is -3.12. The molecule has 1 N–H and O–H groups in total. The fourth-order valence-corrected chi connectivity index (χ4v) is 6.05. The van der Waals surface area contributed by atoms with Crippen LogP contribution in [0.1, 0.15) is 80.9 Å². The highest BCUT2D eigenvalue weighted by Gasteiger charge is 2.47. The molecule has 2 aliphatic rings. The second-order valence-corrected chi connectivity index (χ2v) is 10.9. The summed E-state index contributed by atoms with van der Waals surface area (Å²) in [5.74, 6) is 0.864. The normalized spacial score (nSPS) is 22.2. The van der Waals surface area contributed by atoms with E-state index in [0.717, 1.165) is 37.1 Å². The van der Waals surface area contributed by atoms with Crippen molar-refractivity contribution in [2.45, 2.75) is 83.2 Å². The van der Waals surface area contributed by atoms with Gasteiger partial charge in [-0.3, -0.25) is 4.79 Å². The molecule has 6 heteroatoms. The summed E-state index contributed by atoms with van der Waals surface area (Å²) in [5, 5.41) is 8.36. The first-order valence-electron chi connectivity index (χ1n) is 13.2. The van der Waals surface area contributed by atoms with E-state index in [-0.39, 0.29) is 29.1 Å². The van der Waals surface area contributed by atoms with Gasteiger partial charge in [-0.05, 0) is 50.7 Å². The lowest BCUT2D eigenvalue weighted by molar-refractivity contribution is 0.0436. The number of fused-ring (bicyclic) bond motifs is 1. The zero-order valence-electron chi connectivity index (χ0n) is 21.9. The summed E-state index contributed by atoms with van der Waals surface area (Å²) in [7, 11) is 0. The van der Waals surface area contributed by atoms with Crippen molar-refractivity contribution in [2.75, 3.05) is 11.9 Å². The molecule has 3 aromatic rings. The second kappa shape index (κ2) is 9.74. The summed E-state index contributed by atoms with van der Waals surface area (Å²) < 4.78 is 8.33. The first-order chi connectivity index (χ1) is 17.4. The molecule has 2 aromatic carbocycles. The Morgan fingerprint density at radius 1 is 1.03 bits per heavy atom. The molecule has 0 bridgehead atoms. The summed E-state index contributed by atoms with van der Waals surface area (Å²) in [6, 6.07) is 20.8. The van der Waals surface area contributed by atoms with E-state index in [1.807, 2.05) is 28.9 Å². The molecule has 3 heterocycles. The lowest BCUT2D eigenvalue weighted by atomic mass is 9.88. The van der Waals surface area contributed by atoms with Crippen LogP contribution in [-0.2, 0) is 16.9 Å². The van der Waals surface area contributed by atoms with Gasteiger partial charge in [0.05, 0.1) is 30.5 Å². The summed E-state index contributed by atoms with van der Waals surface area (Å²) in [4.78, 5) is 16.2. The zero-order chi connectivity index (χ0) is 25.3. The minimum Gasteiger partial charge on any atom is -0.372 e. The highest BCUT2D eigenvalue weighted by Crippen LogP contribution is 2.43. The molecular formula is C30H38N4O2. The van der Waals surface area contributed by atoms with E-state index in [0.29, 0.717) is 18.7 Å². The Labute approximate surface area is 214 Å². The molecule has 2 aliphatic heterocycles. The van der Waals surface area contributed by atoms with Gasteiger partial charge in [0.25, 0.3) is 5.91 Å². The maximum absolute atomic E-state index is 14.2. The van der Waals surface area contributed by atoms with Crippen LogP contribution in [-0.4, -0.2) is 38.8 Å². The minimum atomic E-state index is -0.212. The lowest BCUT2D eigenvalue weighted by Gasteiger charge is -2.39. The molecule has 1 amide bonds. The summed E-state index contributed by atoms with van der Waals surface area (Å²) in [6.07, 6.45) is 5.32. The number of ether oxygens (including phenoxy) is 1. The quantitative estimate of drug-likeness (QED) is 0.434. The Bertz CT molecular complexity index is 1180. The fourth-order valence-electron chi connectivity index (χ4n) is 6.05. The number of likely N-dealkylation sites (tertiary alicyclic amines) is 1. The van der Waals surface area contributed by atoms with Crippen LogP contribution in [0, 0.1) is 0 Å². The molecule has 190 valence electrons. The Balaban J connectivity index is 1.41. The van der Waals surface area contributed by atoms with Crippen LogP contribution in [0.5, 0.6) is 0 Å². The standard InChI is InChI=1S/C30H38N4O2/c1-5-30(6-2)17-24(36-21-22-13-9-7-10-14-22)20-33(30)28(35)25-19-31-34-27(25)32-26(18-29(34,3)4)23-15-11-8-12-16-23/h7-16,19,24,26,32H,5-6,17-18,20-21H2,1-4H3. The molecule has 0 aliphatic carbocycles. The first-order valence-corrected chi connectivity index (χ1v) is 13.2. The summed E-state index contributed by atoms with van der Waals surface area (Å²) in [6.45, 7) is 9.92. The van der Waals surface area contributed by atoms with Gasteiger partial charge in [-0.25, -0.2) is 4.68 Å². The number of benzene rings is 2. The smallest absolute Gasteiger partial charge is 0.259 e. The average molecular weight is 487 g/mol. The molecule has 1 aromatic heterocycles. The molecule has 5 rings (SSSR count). The van der Waals surface area contributed by atoms with Crippen LogP contribution in [0.4, 0.5) is 5.82 Å². The van der Waals surface area contributed by atoms with Gasteiger partial charge in [-0.15, -0.1) is 0 Å². The monoisotopic (exact) mass is 486 g/mol. The van der Waals surface area contributed by atoms with Crippen LogP contribution in [0.3, 0.4) is 0 Å². The Morgan fingerprint density at radius 2 is 1.69 bits per heavy atom. The first kappa shape index (κ1) is 24.6. The maximum atomic E-state index is 14.2. The predicted octanol–water partition coefficient (Wildman–Crippen LogP) is 6.17. The van der Waals surface area contributed by atoms with Crippen molar-refractivity contribution in [3.63, 3.8) is 0 Å². The van der Waals surface area contributed by atoms with Gasteiger partial charge in [0.1, 0.15) is 11.4 Å². The predicted molar refractivity (Wildman–Crippen MR) is 143 cm³/mol. The van der Waals surface area contributed by atoms with Gasteiger partial charge in [-0.1, -0.05) is 74.5 Å². The second-order valence-electron chi connectivity index (χ2n) is 10.9. The van der Waals surface area contributed by atoms with Gasteiger partial charge in [0, 0.05) is 12.1 Å². The molecule has 1 fully saturated rings. The molecule has 2 atom stereocenters. The van der Waals surface area contributed by atoms with Crippen LogP contribution in [0.15, 0.2) is 66.9 Å². The van der Waals surface area contributed by atoms with E-state index in [2.05, 4.69) is 74.3 Å². The van der Waals surface area contributed by atoms with E-state index in [1.165, 1.54) is 5.56 Å². The molecule has 0 radical (unpaired) electrons. The van der Waals surface area contributed by atoms with Crippen molar-refractivity contribution in [1.82, 2.24) is 14.7 Å². The third kappa shape index (κ3) is 4.43. The molecule has 0 spiro atoms. The molecule has 36 heavy (non-hydrogen) atoms. The number of amides is 1. The van der Waals surface area contributed by atoms with Gasteiger partial charge < -0.3 is 15.0 Å². The van der Waals surface area contributed by atoms with Gasteiger partial charge in [0.2, 0.25) is 0 Å². The van der Waals surface area contributed by atoms with Crippen molar-refractivity contribution in [3.8, 4) is 0 Å². The molecule has 0 saturated carbocycles. The zero-order valence-corrected chi connectivity index (χ0v) is 21.9. The van der Waals surface area contributed by atoms with Crippen molar-refractivity contribution >= 4 is 11.7 Å². The van der Waals surface area contributed by atoms with Crippen LogP contribution < -0.4 is 5.32 Å². The van der Waals surface area contributed by atoms with Crippen LogP contribution >= 0.6 is 0 Å². The minimum absolute atomic E-state index is 0.0157. The van der Waals surface area contributed by atoms with E-state index >= 15 is 0 Å². The number of hydrogen-bond donors (Lipinski definition) is 1. The molecular weight excluding hydrogens is 448 g/mol. The van der Waals surface area contributed by atoms with Crippen molar-refractivity contribution < 1.29 is 9.53 Å². The summed E-state index contributed by atoms with van der Waals surface area (Å²) >= 11 is 0. The van der Waals surface area contributed by atoms with E-state index in [9.17, 15) is 4.79 Å². The highest BCUT2D eigenvalue weighted by molar-refractivity contribution is 5.99. The highest BCUT2D eigenvalue weighted by atomic mass is 16.5. The van der Waals surface area contributed by atoms with Crippen molar-refractivity contribution in [3.05, 3.63) is 83.6 Å². The van der Waals surface area contributed by atoms with E-state index in [1.54, 1.807) is 6.20 Å². The number of nitrogens with zero attached hydrogens (tertiary/aromatic N) is 3. The number of carbonyl (C=O) groups is 1. The largest absolute Gasteiger partial charge is 0.372 e. The van der Waals surface area contributed by atoms with Gasteiger partial charge >= 0.3 is 0 Å². The molecule has 2 unspecified atom stereocenters. The Kier molecular flexibility index (Phi) is 6.64. The number of nitrogens with one attached hydrogen (secondary N) is 1. The fraction of sp³-hybridized carbons (Fsp3) is 0.467. The molecule has 6 nitrogen and oxygen atoms in total. The SMILES string of the molecule is CCC1(CC)CC(OCc2ccccc2)CN1C(=O)c1cnn2c1NC(c1ccccc1)CC2(C)C. The van der Waals surface area contributed by atoms with Crippen LogP contribution in [0.25, 0.3) is 0 Å². The van der Waals surface area contributed by atoms with Gasteiger partial charge in [-0.2, -0.15) is 5.10 Å². The number of rotatable bonds is 7. The third-order valence-corrected chi connectivity index (χ3v) is 8.25. The number of anilines is 1. The Morgan fingerprint density at radius 3 is 2.36 bits per heavy atom. The topological polar surface area (TPSA) is 59.4 Å². The number of hydrogen-bond acceptors (Lipinski definition) is 4. The van der Waals surface area contributed by atoms with E-state index < -0.39 is 0 Å². The third-order valence-electron chi connectivity index (χ3n) is 8.25. The summed E-state index contributed by atoms with van der Waals surface area (Å²) in [5.41, 5.74) is 2.61. The van der Waals surface area contributed by atoms with Gasteiger partial charge in [0.15, 0.2) is 0 Å². The van der Waals surface area contributed by atoms with Crippen molar-refractivity contribution in [1.29, 1.82) is 0 Å². The average Bonchev–Trinajstić information content (AvgIpc) is 3.51.